The maximum absolute atomic E-state index is 5.59. The van der Waals surface area contributed by atoms with E-state index in [1.54, 1.807) is 0 Å². The van der Waals surface area contributed by atoms with E-state index in [1.807, 2.05) is 62.0 Å². The van der Waals surface area contributed by atoms with E-state index in [-0.39, 0.29) is 0 Å². The molecule has 15 rings (SSSR count). The van der Waals surface area contributed by atoms with Crippen LogP contribution < -0.4 is 0 Å². The highest BCUT2D eigenvalue weighted by Crippen LogP contribution is 2.54. The van der Waals surface area contributed by atoms with Crippen LogP contribution in [0, 0.1) is 6.92 Å². The average molecular weight is 911 g/mol. The molecular weight excluding hydrogens is 873 g/mol. The fourth-order valence-electron chi connectivity index (χ4n) is 11.5. The van der Waals surface area contributed by atoms with Gasteiger partial charge in [0.25, 0.3) is 0 Å². The molecule has 332 valence electrons. The zero-order valence-electron chi connectivity index (χ0n) is 38.2. The summed E-state index contributed by atoms with van der Waals surface area (Å²) in [5, 5.41) is 8.76. The zero-order chi connectivity index (χ0) is 46.7. The van der Waals surface area contributed by atoms with E-state index >= 15 is 0 Å². The summed E-state index contributed by atoms with van der Waals surface area (Å²) >= 11 is 0. The summed E-state index contributed by atoms with van der Waals surface area (Å²) in [5.41, 5.74) is 16.1. The molecule has 0 aliphatic heterocycles. The monoisotopic (exact) mass is 910 g/mol. The fraction of sp³-hybridized carbons (Fsp3) is 0.0164. The Morgan fingerprint density at radius 2 is 0.606 bits per heavy atom. The number of fused-ring (bicyclic) bond motifs is 12. The molecule has 0 radical (unpaired) electrons. The third-order valence-corrected chi connectivity index (χ3v) is 14.3. The van der Waals surface area contributed by atoms with Crippen LogP contribution in [0.15, 0.2) is 214 Å². The van der Waals surface area contributed by atoms with Crippen LogP contribution in [-0.4, -0.2) is 48.2 Å². The first kappa shape index (κ1) is 39.2. The van der Waals surface area contributed by atoms with Crippen LogP contribution in [0.5, 0.6) is 0 Å². The Labute approximate surface area is 405 Å². The highest BCUT2D eigenvalue weighted by molar-refractivity contribution is 6.18. The van der Waals surface area contributed by atoms with Gasteiger partial charge < -0.3 is 18.3 Å². The van der Waals surface area contributed by atoms with Gasteiger partial charge >= 0.3 is 0 Å². The maximum Gasteiger partial charge on any atom is 0.0827 e. The van der Waals surface area contributed by atoms with Crippen LogP contribution in [0.4, 0.5) is 0 Å². The SMILES string of the molecule is Cc1cccc(-c2c(-n3c4ccccc4c4ccncc43)c(-n3c4ccccc4c4ccncc43)c(-c3ccncc3)c(-n3c4ccccc4c4ccncc43)c2-n2c3ccccc3c3ccncc32)n1. The minimum absolute atomic E-state index is 0.793. The van der Waals surface area contributed by atoms with Crippen LogP contribution >= 0.6 is 0 Å². The van der Waals surface area contributed by atoms with Gasteiger partial charge in [-0.1, -0.05) is 78.9 Å². The highest BCUT2D eigenvalue weighted by Gasteiger charge is 2.36. The van der Waals surface area contributed by atoms with Crippen LogP contribution in [0.25, 0.3) is 132 Å². The molecule has 0 aliphatic rings. The Kier molecular flexibility index (Phi) is 8.34. The minimum Gasteiger partial charge on any atom is -0.305 e. The van der Waals surface area contributed by atoms with Gasteiger partial charge in [0.05, 0.1) is 103 Å². The van der Waals surface area contributed by atoms with E-state index in [4.69, 9.17) is 24.9 Å². The van der Waals surface area contributed by atoms with Crippen molar-refractivity contribution in [3.8, 4) is 45.1 Å². The lowest BCUT2D eigenvalue weighted by Crippen LogP contribution is -2.16. The predicted molar refractivity (Wildman–Crippen MR) is 286 cm³/mol. The summed E-state index contributed by atoms with van der Waals surface area (Å²) in [6.07, 6.45) is 19.4. The number of para-hydroxylation sites is 4. The van der Waals surface area contributed by atoms with Gasteiger partial charge in [-0.15, -0.1) is 0 Å². The first-order valence-electron chi connectivity index (χ1n) is 23.7. The molecule has 0 bridgehead atoms. The lowest BCUT2D eigenvalue weighted by molar-refractivity contribution is 1.04. The van der Waals surface area contributed by atoms with Crippen molar-refractivity contribution in [1.82, 2.24) is 48.2 Å². The Balaban J connectivity index is 1.35. The molecule has 0 spiro atoms. The van der Waals surface area contributed by atoms with Gasteiger partial charge in [0, 0.05) is 91.5 Å². The molecule has 0 saturated heterocycles. The fourth-order valence-corrected chi connectivity index (χ4v) is 11.5. The molecule has 0 aliphatic carbocycles. The molecular formula is C61H38N10. The largest absolute Gasteiger partial charge is 0.305 e. The summed E-state index contributed by atoms with van der Waals surface area (Å²) in [6.45, 7) is 2.07. The number of aromatic nitrogens is 10. The van der Waals surface area contributed by atoms with Gasteiger partial charge in [-0.25, -0.2) is 0 Å². The summed E-state index contributed by atoms with van der Waals surface area (Å²) in [6, 6.07) is 53.9. The van der Waals surface area contributed by atoms with Crippen LogP contribution in [-0.2, 0) is 0 Å². The van der Waals surface area contributed by atoms with Gasteiger partial charge in [0.2, 0.25) is 0 Å². The van der Waals surface area contributed by atoms with Gasteiger partial charge in [-0.2, -0.15) is 0 Å². The molecule has 10 aromatic heterocycles. The molecule has 71 heavy (non-hydrogen) atoms. The van der Waals surface area contributed by atoms with Crippen LogP contribution in [0.3, 0.4) is 0 Å². The second-order valence-corrected chi connectivity index (χ2v) is 18.0. The summed E-state index contributed by atoms with van der Waals surface area (Å²) < 4.78 is 9.74. The van der Waals surface area contributed by atoms with Crippen molar-refractivity contribution in [2.45, 2.75) is 6.92 Å². The van der Waals surface area contributed by atoms with Crippen molar-refractivity contribution in [3.63, 3.8) is 0 Å². The van der Waals surface area contributed by atoms with Crippen molar-refractivity contribution >= 4 is 87.2 Å². The third kappa shape index (κ3) is 5.52. The smallest absolute Gasteiger partial charge is 0.0827 e. The van der Waals surface area contributed by atoms with Crippen molar-refractivity contribution in [1.29, 1.82) is 0 Å². The molecule has 5 aromatic carbocycles. The number of benzene rings is 5. The van der Waals surface area contributed by atoms with Gasteiger partial charge in [0.15, 0.2) is 0 Å². The van der Waals surface area contributed by atoms with E-state index in [0.29, 0.717) is 0 Å². The molecule has 15 aromatic rings. The number of nitrogens with zero attached hydrogens (tertiary/aromatic N) is 10. The van der Waals surface area contributed by atoms with Gasteiger partial charge in [-0.3, -0.25) is 29.9 Å². The predicted octanol–water partition coefficient (Wildman–Crippen LogP) is 14.1. The number of hydrogen-bond acceptors (Lipinski definition) is 6. The standard InChI is InChI=1S/C61H38N10/c1-37-11-10-16-47(67-37)57-60(70-50-19-8-4-14-41(50)45-25-31-65-35-54(45)70)58(68-48-17-6-2-12-39(48)43-23-29-63-33-52(43)68)56(38-21-27-62-28-22-38)59(69-49-18-7-3-13-40(49)44-24-30-64-34-53(44)69)61(57)71-51-20-9-5-15-42(51)46-26-32-66-36-55(46)71/h2-36H,1H3. The Hall–Kier alpha value is -9.80. The normalized spacial score (nSPS) is 12.0. The van der Waals surface area contributed by atoms with Crippen molar-refractivity contribution in [3.05, 3.63) is 219 Å². The van der Waals surface area contributed by atoms with E-state index in [9.17, 15) is 0 Å². The molecule has 0 saturated carbocycles. The Morgan fingerprint density at radius 1 is 0.282 bits per heavy atom. The molecule has 0 amide bonds. The lowest BCUT2D eigenvalue weighted by Gasteiger charge is -2.31. The second-order valence-electron chi connectivity index (χ2n) is 18.0. The summed E-state index contributed by atoms with van der Waals surface area (Å²) in [4.78, 5) is 29.8. The van der Waals surface area contributed by atoms with Crippen molar-refractivity contribution < 1.29 is 0 Å². The van der Waals surface area contributed by atoms with Crippen molar-refractivity contribution in [2.24, 2.45) is 0 Å². The molecule has 0 atom stereocenters. The van der Waals surface area contributed by atoms with Crippen molar-refractivity contribution in [2.75, 3.05) is 0 Å². The molecule has 0 fully saturated rings. The van der Waals surface area contributed by atoms with Crippen LogP contribution in [0.2, 0.25) is 0 Å². The van der Waals surface area contributed by atoms with E-state index < -0.39 is 0 Å². The molecule has 0 N–H and O–H groups in total. The van der Waals surface area contributed by atoms with Crippen LogP contribution in [0.1, 0.15) is 5.69 Å². The Morgan fingerprint density at radius 3 is 0.972 bits per heavy atom. The quantitative estimate of drug-likeness (QED) is 0.165. The van der Waals surface area contributed by atoms with E-state index in [1.165, 1.54) is 0 Å². The number of rotatable bonds is 6. The molecule has 10 heterocycles. The molecule has 10 nitrogen and oxygen atoms in total. The first-order valence-corrected chi connectivity index (χ1v) is 23.7. The summed E-state index contributed by atoms with van der Waals surface area (Å²) in [7, 11) is 0. The van der Waals surface area contributed by atoms with Gasteiger partial charge in [-0.05, 0) is 85.3 Å². The topological polar surface area (TPSA) is 97.1 Å². The maximum atomic E-state index is 5.59. The number of pyridine rings is 6. The minimum atomic E-state index is 0.793. The first-order chi connectivity index (χ1) is 35.2. The Bertz CT molecular complexity index is 4210. The zero-order valence-corrected chi connectivity index (χ0v) is 38.2. The lowest BCUT2D eigenvalue weighted by atomic mass is 9.92. The second kappa shape index (κ2) is 15.1. The van der Waals surface area contributed by atoms with E-state index in [2.05, 4.69) is 182 Å². The summed E-state index contributed by atoms with van der Waals surface area (Å²) in [5.74, 6) is 0. The average Bonchev–Trinajstić information content (AvgIpc) is 4.16. The third-order valence-electron chi connectivity index (χ3n) is 14.3. The highest BCUT2D eigenvalue weighted by atomic mass is 15.1. The molecule has 10 heteroatoms. The van der Waals surface area contributed by atoms with Gasteiger partial charge in [0.1, 0.15) is 0 Å². The van der Waals surface area contributed by atoms with E-state index in [0.717, 1.165) is 138 Å². The molecule has 0 unspecified atom stereocenters. The number of hydrogen-bond donors (Lipinski definition) is 0. The number of aryl methyl sites for hydroxylation is 1.